The van der Waals surface area contributed by atoms with E-state index in [4.69, 9.17) is 4.74 Å². The van der Waals surface area contributed by atoms with Crippen molar-refractivity contribution < 1.29 is 14.3 Å². The smallest absolute Gasteiger partial charge is 0.410 e. The number of ether oxygens (including phenoxy) is 1. The molecule has 166 valence electrons. The number of aromatic nitrogens is 1. The SMILES string of the molecule is CC(C)(C)OC(=O)N1CCN(CCCNC(=O)c2cccnc2N2CCCC2)CC1. The highest BCUT2D eigenvalue weighted by atomic mass is 16.6. The van der Waals surface area contributed by atoms with Gasteiger partial charge in [-0.3, -0.25) is 9.69 Å². The minimum Gasteiger partial charge on any atom is -0.444 e. The Bertz CT molecular complexity index is 720. The lowest BCUT2D eigenvalue weighted by molar-refractivity contribution is 0.0144. The van der Waals surface area contributed by atoms with Crippen molar-refractivity contribution in [3.8, 4) is 0 Å². The Morgan fingerprint density at radius 3 is 2.47 bits per heavy atom. The average molecular weight is 418 g/mol. The van der Waals surface area contributed by atoms with Crippen LogP contribution in [-0.2, 0) is 4.74 Å². The molecule has 3 heterocycles. The highest BCUT2D eigenvalue weighted by molar-refractivity contribution is 5.98. The van der Waals surface area contributed by atoms with Gasteiger partial charge in [0.15, 0.2) is 0 Å². The van der Waals surface area contributed by atoms with Gasteiger partial charge in [0.25, 0.3) is 5.91 Å². The number of hydrogen-bond donors (Lipinski definition) is 1. The lowest BCUT2D eigenvalue weighted by Crippen LogP contribution is -2.50. The zero-order valence-electron chi connectivity index (χ0n) is 18.5. The normalized spacial score (nSPS) is 17.8. The molecule has 3 rings (SSSR count). The fraction of sp³-hybridized carbons (Fsp3) is 0.682. The van der Waals surface area contributed by atoms with Crippen LogP contribution in [0.3, 0.4) is 0 Å². The molecule has 2 amide bonds. The maximum Gasteiger partial charge on any atom is 0.410 e. The maximum atomic E-state index is 12.7. The van der Waals surface area contributed by atoms with Gasteiger partial charge >= 0.3 is 6.09 Å². The summed E-state index contributed by atoms with van der Waals surface area (Å²) < 4.78 is 5.44. The van der Waals surface area contributed by atoms with Crippen molar-refractivity contribution in [3.05, 3.63) is 23.9 Å². The number of carbonyl (C=O) groups is 2. The third kappa shape index (κ3) is 6.32. The second-order valence-corrected chi connectivity index (χ2v) is 8.99. The first-order valence-corrected chi connectivity index (χ1v) is 11.0. The van der Waals surface area contributed by atoms with Gasteiger partial charge < -0.3 is 19.9 Å². The lowest BCUT2D eigenvalue weighted by Gasteiger charge is -2.35. The Kier molecular flexibility index (Phi) is 7.53. The van der Waals surface area contributed by atoms with Crippen molar-refractivity contribution in [3.63, 3.8) is 0 Å². The molecule has 2 aliphatic rings. The minimum absolute atomic E-state index is 0.0558. The number of piperazine rings is 1. The fourth-order valence-electron chi connectivity index (χ4n) is 3.84. The maximum absolute atomic E-state index is 12.7. The predicted octanol–water partition coefficient (Wildman–Crippen LogP) is 2.35. The van der Waals surface area contributed by atoms with Gasteiger partial charge in [-0.05, 0) is 58.7 Å². The average Bonchev–Trinajstić information content (AvgIpc) is 3.25. The van der Waals surface area contributed by atoms with Crippen molar-refractivity contribution in [2.75, 3.05) is 57.3 Å². The van der Waals surface area contributed by atoms with E-state index in [0.717, 1.165) is 57.8 Å². The third-order valence-corrected chi connectivity index (χ3v) is 5.40. The monoisotopic (exact) mass is 417 g/mol. The van der Waals surface area contributed by atoms with Crippen LogP contribution in [0.25, 0.3) is 0 Å². The molecule has 30 heavy (non-hydrogen) atoms. The lowest BCUT2D eigenvalue weighted by atomic mass is 10.2. The Hall–Kier alpha value is -2.35. The molecule has 1 aromatic rings. The van der Waals surface area contributed by atoms with E-state index in [2.05, 4.69) is 20.1 Å². The molecular weight excluding hydrogens is 382 g/mol. The molecule has 0 bridgehead atoms. The van der Waals surface area contributed by atoms with Gasteiger partial charge in [0, 0.05) is 52.0 Å². The number of nitrogens with one attached hydrogen (secondary N) is 1. The number of pyridine rings is 1. The molecule has 0 aromatic carbocycles. The van der Waals surface area contributed by atoms with Gasteiger partial charge in [0.1, 0.15) is 11.4 Å². The highest BCUT2D eigenvalue weighted by Crippen LogP contribution is 2.21. The first kappa shape index (κ1) is 22.3. The number of rotatable bonds is 6. The Labute approximate surface area is 179 Å². The van der Waals surface area contributed by atoms with Crippen LogP contribution in [-0.4, -0.2) is 84.7 Å². The molecule has 0 atom stereocenters. The van der Waals surface area contributed by atoms with Crippen LogP contribution in [0.5, 0.6) is 0 Å². The molecule has 0 unspecified atom stereocenters. The van der Waals surface area contributed by atoms with Crippen molar-refractivity contribution in [1.82, 2.24) is 20.1 Å². The van der Waals surface area contributed by atoms with Crippen molar-refractivity contribution in [1.29, 1.82) is 0 Å². The summed E-state index contributed by atoms with van der Waals surface area (Å²) in [6, 6.07) is 3.67. The quantitative estimate of drug-likeness (QED) is 0.716. The fourth-order valence-corrected chi connectivity index (χ4v) is 3.84. The zero-order valence-corrected chi connectivity index (χ0v) is 18.5. The molecule has 0 radical (unpaired) electrons. The zero-order chi connectivity index (χ0) is 21.6. The molecular formula is C22H35N5O3. The van der Waals surface area contributed by atoms with Crippen molar-refractivity contribution >= 4 is 17.8 Å². The summed E-state index contributed by atoms with van der Waals surface area (Å²) in [6.45, 7) is 12.1. The van der Waals surface area contributed by atoms with E-state index in [1.165, 1.54) is 0 Å². The number of nitrogens with zero attached hydrogens (tertiary/aromatic N) is 4. The molecule has 2 fully saturated rings. The van der Waals surface area contributed by atoms with Crippen molar-refractivity contribution in [2.24, 2.45) is 0 Å². The summed E-state index contributed by atoms with van der Waals surface area (Å²) in [5.41, 5.74) is 0.195. The van der Waals surface area contributed by atoms with Gasteiger partial charge in [-0.1, -0.05) is 0 Å². The summed E-state index contributed by atoms with van der Waals surface area (Å²) in [5.74, 6) is 0.741. The van der Waals surface area contributed by atoms with Gasteiger partial charge in [-0.25, -0.2) is 9.78 Å². The van der Waals surface area contributed by atoms with E-state index in [1.807, 2.05) is 32.9 Å². The molecule has 0 aliphatic carbocycles. The van der Waals surface area contributed by atoms with E-state index in [-0.39, 0.29) is 12.0 Å². The second kappa shape index (κ2) is 10.1. The van der Waals surface area contributed by atoms with Crippen LogP contribution in [0.15, 0.2) is 18.3 Å². The first-order chi connectivity index (χ1) is 14.3. The summed E-state index contributed by atoms with van der Waals surface area (Å²) in [6.07, 6.45) is 4.69. The van der Waals surface area contributed by atoms with Crippen LogP contribution in [0.4, 0.5) is 10.6 Å². The second-order valence-electron chi connectivity index (χ2n) is 8.99. The van der Waals surface area contributed by atoms with Crippen LogP contribution in [0.2, 0.25) is 0 Å². The molecule has 0 spiro atoms. The molecule has 2 aliphatic heterocycles. The van der Waals surface area contributed by atoms with Crippen LogP contribution < -0.4 is 10.2 Å². The summed E-state index contributed by atoms with van der Waals surface area (Å²) in [4.78, 5) is 35.5. The third-order valence-electron chi connectivity index (χ3n) is 5.40. The summed E-state index contributed by atoms with van der Waals surface area (Å²) in [5, 5.41) is 3.04. The standard InChI is InChI=1S/C22H35N5O3/c1-22(2,3)30-21(29)27-16-14-25(15-17-27)11-7-10-24-20(28)18-8-6-9-23-19(18)26-12-4-5-13-26/h6,8-9H,4-5,7,10-17H2,1-3H3,(H,24,28). The number of carbonyl (C=O) groups excluding carboxylic acids is 2. The summed E-state index contributed by atoms with van der Waals surface area (Å²) in [7, 11) is 0. The molecule has 8 nitrogen and oxygen atoms in total. The topological polar surface area (TPSA) is 78.0 Å². The molecule has 2 saturated heterocycles. The van der Waals surface area contributed by atoms with E-state index in [1.54, 1.807) is 11.1 Å². The number of amides is 2. The van der Waals surface area contributed by atoms with E-state index in [9.17, 15) is 9.59 Å². The van der Waals surface area contributed by atoms with Crippen LogP contribution >= 0.6 is 0 Å². The largest absolute Gasteiger partial charge is 0.444 e. The first-order valence-electron chi connectivity index (χ1n) is 11.0. The summed E-state index contributed by atoms with van der Waals surface area (Å²) >= 11 is 0. The predicted molar refractivity (Wildman–Crippen MR) is 117 cm³/mol. The Morgan fingerprint density at radius 2 is 1.80 bits per heavy atom. The number of anilines is 1. The van der Waals surface area contributed by atoms with Crippen LogP contribution in [0.1, 0.15) is 50.4 Å². The Morgan fingerprint density at radius 1 is 1.10 bits per heavy atom. The van der Waals surface area contributed by atoms with Crippen LogP contribution in [0, 0.1) is 0 Å². The number of hydrogen-bond acceptors (Lipinski definition) is 6. The van der Waals surface area contributed by atoms with Gasteiger partial charge in [-0.15, -0.1) is 0 Å². The van der Waals surface area contributed by atoms with E-state index >= 15 is 0 Å². The van der Waals surface area contributed by atoms with Crippen molar-refractivity contribution in [2.45, 2.75) is 45.6 Å². The van der Waals surface area contributed by atoms with Gasteiger partial charge in [-0.2, -0.15) is 0 Å². The van der Waals surface area contributed by atoms with E-state index in [0.29, 0.717) is 25.2 Å². The molecule has 0 saturated carbocycles. The minimum atomic E-state index is -0.463. The molecule has 8 heteroatoms. The molecule has 1 aromatic heterocycles. The highest BCUT2D eigenvalue weighted by Gasteiger charge is 2.25. The van der Waals surface area contributed by atoms with E-state index < -0.39 is 5.60 Å². The van der Waals surface area contributed by atoms with Gasteiger partial charge in [0.2, 0.25) is 0 Å². The van der Waals surface area contributed by atoms with Gasteiger partial charge in [0.05, 0.1) is 5.56 Å². The Balaban J connectivity index is 1.37. The molecule has 1 N–H and O–H groups in total.